The van der Waals surface area contributed by atoms with Crippen LogP contribution in [0.25, 0.3) is 0 Å². The summed E-state index contributed by atoms with van der Waals surface area (Å²) in [5.74, 6) is -2.87. The molecule has 0 aliphatic carbocycles. The number of rotatable bonds is 2. The van der Waals surface area contributed by atoms with Crippen LogP contribution in [-0.4, -0.2) is 0 Å². The molecule has 0 amide bonds. The first-order chi connectivity index (χ1) is 7.59. The number of hydrogen-bond acceptors (Lipinski definition) is 2. The highest BCUT2D eigenvalue weighted by Gasteiger charge is 2.19. The van der Waals surface area contributed by atoms with E-state index in [0.717, 1.165) is 0 Å². The van der Waals surface area contributed by atoms with Crippen LogP contribution < -0.4 is 5.73 Å². The number of hydrogen-bond donors (Lipinski definition) is 1. The van der Waals surface area contributed by atoms with Crippen molar-refractivity contribution in [2.24, 2.45) is 5.73 Å². The molecule has 1 aromatic carbocycles. The van der Waals surface area contributed by atoms with Crippen molar-refractivity contribution >= 4 is 11.3 Å². The summed E-state index contributed by atoms with van der Waals surface area (Å²) in [5.41, 5.74) is 6.02. The van der Waals surface area contributed by atoms with Crippen molar-refractivity contribution in [1.82, 2.24) is 0 Å². The maximum atomic E-state index is 13.4. The van der Waals surface area contributed by atoms with Crippen molar-refractivity contribution < 1.29 is 13.2 Å². The summed E-state index contributed by atoms with van der Waals surface area (Å²) in [6, 6.07) is 2.03. The van der Waals surface area contributed by atoms with Crippen molar-refractivity contribution in [1.29, 1.82) is 0 Å². The maximum Gasteiger partial charge on any atom is 0.134 e. The molecule has 0 radical (unpaired) electrons. The lowest BCUT2D eigenvalue weighted by Crippen LogP contribution is -2.15. The van der Waals surface area contributed by atoms with Crippen LogP contribution in [0.1, 0.15) is 17.2 Å². The number of nitrogens with two attached hydrogens (primary N) is 1. The Bertz CT molecular complexity index is 473. The van der Waals surface area contributed by atoms with E-state index in [1.807, 2.05) is 0 Å². The molecule has 5 heteroatoms. The second-order valence-electron chi connectivity index (χ2n) is 3.32. The fraction of sp³-hybridized carbons (Fsp3) is 0.0909. The highest BCUT2D eigenvalue weighted by atomic mass is 32.1. The van der Waals surface area contributed by atoms with Crippen LogP contribution in [0, 0.1) is 17.5 Å². The summed E-state index contributed by atoms with van der Waals surface area (Å²) in [6.07, 6.45) is 0. The molecular formula is C11H8F3NS. The topological polar surface area (TPSA) is 26.0 Å². The molecule has 0 bridgehead atoms. The van der Waals surface area contributed by atoms with E-state index in [1.165, 1.54) is 11.3 Å². The fourth-order valence-corrected chi connectivity index (χ4v) is 2.17. The summed E-state index contributed by atoms with van der Waals surface area (Å²) in [5, 5.41) is 3.46. The molecule has 2 aromatic rings. The number of thiophene rings is 1. The molecule has 0 saturated carbocycles. The van der Waals surface area contributed by atoms with Crippen LogP contribution in [-0.2, 0) is 0 Å². The normalized spacial score (nSPS) is 12.8. The monoisotopic (exact) mass is 243 g/mol. The van der Waals surface area contributed by atoms with Gasteiger partial charge in [0, 0.05) is 17.7 Å². The van der Waals surface area contributed by atoms with Gasteiger partial charge in [0.2, 0.25) is 0 Å². The molecule has 1 nitrogen and oxygen atoms in total. The highest BCUT2D eigenvalue weighted by Crippen LogP contribution is 2.26. The molecule has 0 unspecified atom stereocenters. The van der Waals surface area contributed by atoms with Gasteiger partial charge in [0.15, 0.2) is 0 Å². The van der Waals surface area contributed by atoms with E-state index in [4.69, 9.17) is 5.73 Å². The molecule has 0 aliphatic heterocycles. The average molecular weight is 243 g/mol. The molecular weight excluding hydrogens is 235 g/mol. The van der Waals surface area contributed by atoms with Crippen molar-refractivity contribution in [2.45, 2.75) is 6.04 Å². The number of halogens is 3. The summed E-state index contributed by atoms with van der Waals surface area (Å²) in [7, 11) is 0. The molecule has 1 heterocycles. The largest absolute Gasteiger partial charge is 0.320 e. The van der Waals surface area contributed by atoms with Gasteiger partial charge < -0.3 is 5.73 Å². The zero-order valence-electron chi connectivity index (χ0n) is 8.08. The Morgan fingerprint density at radius 3 is 2.25 bits per heavy atom. The van der Waals surface area contributed by atoms with E-state index in [-0.39, 0.29) is 5.56 Å². The quantitative estimate of drug-likeness (QED) is 0.861. The van der Waals surface area contributed by atoms with Gasteiger partial charge in [-0.05, 0) is 22.4 Å². The Hall–Kier alpha value is -1.33. The lowest BCUT2D eigenvalue weighted by atomic mass is 10.0. The van der Waals surface area contributed by atoms with Crippen LogP contribution in [0.15, 0.2) is 29.0 Å². The zero-order valence-corrected chi connectivity index (χ0v) is 8.90. The molecule has 2 rings (SSSR count). The molecule has 2 N–H and O–H groups in total. The lowest BCUT2D eigenvalue weighted by molar-refractivity contribution is 0.515. The molecule has 1 atom stereocenters. The van der Waals surface area contributed by atoms with Gasteiger partial charge in [-0.1, -0.05) is 0 Å². The van der Waals surface area contributed by atoms with Crippen LogP contribution in [0.5, 0.6) is 0 Å². The molecule has 84 valence electrons. The van der Waals surface area contributed by atoms with Gasteiger partial charge in [0.05, 0.1) is 6.04 Å². The predicted octanol–water partition coefficient (Wildman–Crippen LogP) is 3.21. The highest BCUT2D eigenvalue weighted by molar-refractivity contribution is 7.08. The van der Waals surface area contributed by atoms with Crippen LogP contribution in [0.4, 0.5) is 13.2 Å². The van der Waals surface area contributed by atoms with Crippen molar-refractivity contribution in [3.63, 3.8) is 0 Å². The molecule has 0 aliphatic rings. The van der Waals surface area contributed by atoms with E-state index in [9.17, 15) is 13.2 Å². The van der Waals surface area contributed by atoms with E-state index in [2.05, 4.69) is 0 Å². The summed E-state index contributed by atoms with van der Waals surface area (Å²) >= 11 is 1.38. The number of benzene rings is 1. The molecule has 0 saturated heterocycles. The Kier molecular flexibility index (Phi) is 2.98. The Morgan fingerprint density at radius 2 is 1.75 bits per heavy atom. The van der Waals surface area contributed by atoms with Gasteiger partial charge in [-0.2, -0.15) is 11.3 Å². The van der Waals surface area contributed by atoms with E-state index in [1.54, 1.807) is 16.8 Å². The first kappa shape index (κ1) is 11.2. The molecule has 1 aromatic heterocycles. The van der Waals surface area contributed by atoms with Crippen molar-refractivity contribution in [2.75, 3.05) is 0 Å². The van der Waals surface area contributed by atoms with Gasteiger partial charge in [0.25, 0.3) is 0 Å². The summed E-state index contributed by atoms with van der Waals surface area (Å²) in [4.78, 5) is 0. The molecule has 16 heavy (non-hydrogen) atoms. The van der Waals surface area contributed by atoms with Gasteiger partial charge in [-0.15, -0.1) is 0 Å². The minimum Gasteiger partial charge on any atom is -0.320 e. The lowest BCUT2D eigenvalue weighted by Gasteiger charge is -2.12. The predicted molar refractivity (Wildman–Crippen MR) is 56.7 cm³/mol. The third kappa shape index (κ3) is 1.96. The summed E-state index contributed by atoms with van der Waals surface area (Å²) < 4.78 is 39.5. The SMILES string of the molecule is N[C@@H](c1ccsc1)c1c(F)cc(F)cc1F. The minimum absolute atomic E-state index is 0.306. The first-order valence-electron chi connectivity index (χ1n) is 4.51. The molecule has 0 spiro atoms. The van der Waals surface area contributed by atoms with Gasteiger partial charge in [-0.25, -0.2) is 13.2 Å². The smallest absolute Gasteiger partial charge is 0.134 e. The second kappa shape index (κ2) is 4.27. The van der Waals surface area contributed by atoms with Crippen LogP contribution in [0.3, 0.4) is 0 Å². The van der Waals surface area contributed by atoms with Gasteiger partial charge >= 0.3 is 0 Å². The third-order valence-electron chi connectivity index (χ3n) is 2.26. The van der Waals surface area contributed by atoms with E-state index >= 15 is 0 Å². The Labute approximate surface area is 94.3 Å². The van der Waals surface area contributed by atoms with Gasteiger partial charge in [0.1, 0.15) is 17.5 Å². The Morgan fingerprint density at radius 1 is 1.12 bits per heavy atom. The minimum atomic E-state index is -0.962. The van der Waals surface area contributed by atoms with E-state index in [0.29, 0.717) is 17.7 Å². The molecule has 0 fully saturated rings. The first-order valence-corrected chi connectivity index (χ1v) is 5.46. The van der Waals surface area contributed by atoms with Crippen LogP contribution >= 0.6 is 11.3 Å². The Balaban J connectivity index is 2.48. The maximum absolute atomic E-state index is 13.4. The average Bonchev–Trinajstić information content (AvgIpc) is 2.67. The van der Waals surface area contributed by atoms with Crippen molar-refractivity contribution in [3.8, 4) is 0 Å². The standard InChI is InChI=1S/C11H8F3NS/c12-7-3-8(13)10(9(14)4-7)11(15)6-1-2-16-5-6/h1-5,11H,15H2/t11-/m0/s1. The van der Waals surface area contributed by atoms with E-state index < -0.39 is 23.5 Å². The summed E-state index contributed by atoms with van der Waals surface area (Å²) in [6.45, 7) is 0. The van der Waals surface area contributed by atoms with Gasteiger partial charge in [-0.3, -0.25) is 0 Å². The van der Waals surface area contributed by atoms with Crippen molar-refractivity contribution in [3.05, 3.63) is 57.5 Å². The third-order valence-corrected chi connectivity index (χ3v) is 2.96. The fourth-order valence-electron chi connectivity index (χ4n) is 1.47. The van der Waals surface area contributed by atoms with Crippen LogP contribution in [0.2, 0.25) is 0 Å². The second-order valence-corrected chi connectivity index (χ2v) is 4.10. The zero-order chi connectivity index (χ0) is 11.7.